The number of imidazole rings is 1. The first kappa shape index (κ1) is 27.4. The van der Waals surface area contributed by atoms with Crippen LogP contribution in [0.25, 0.3) is 11.0 Å². The van der Waals surface area contributed by atoms with Crippen molar-refractivity contribution < 1.29 is 9.53 Å². The molecule has 0 bridgehead atoms. The van der Waals surface area contributed by atoms with Gasteiger partial charge in [0.25, 0.3) is 0 Å². The third-order valence-corrected chi connectivity index (χ3v) is 6.92. The monoisotopic (exact) mass is 511 g/mol. The van der Waals surface area contributed by atoms with E-state index in [1.807, 2.05) is 36.4 Å². The molecule has 38 heavy (non-hydrogen) atoms. The van der Waals surface area contributed by atoms with Crippen molar-refractivity contribution in [2.75, 3.05) is 13.2 Å². The van der Waals surface area contributed by atoms with Crippen LogP contribution in [0.4, 0.5) is 0 Å². The first-order chi connectivity index (χ1) is 18.6. The lowest BCUT2D eigenvalue weighted by Crippen LogP contribution is -2.26. The normalized spacial score (nSPS) is 11.2. The van der Waals surface area contributed by atoms with E-state index in [1.54, 1.807) is 0 Å². The molecule has 0 atom stereocenters. The molecule has 0 unspecified atom stereocenters. The lowest BCUT2D eigenvalue weighted by Gasteiger charge is -2.14. The zero-order valence-corrected chi connectivity index (χ0v) is 22.9. The molecule has 1 aromatic heterocycles. The van der Waals surface area contributed by atoms with E-state index in [2.05, 4.69) is 66.2 Å². The van der Waals surface area contributed by atoms with Crippen molar-refractivity contribution in [3.8, 4) is 5.75 Å². The molecule has 0 saturated heterocycles. The van der Waals surface area contributed by atoms with E-state index >= 15 is 0 Å². The molecule has 1 N–H and O–H groups in total. The summed E-state index contributed by atoms with van der Waals surface area (Å²) in [5.41, 5.74) is 4.60. The molecule has 4 aromatic rings. The van der Waals surface area contributed by atoms with Gasteiger partial charge in [0.15, 0.2) is 0 Å². The standard InChI is InChI=1S/C33H41N3O2/c1-26(2)28-17-8-11-20-31(28)38-24-14-13-23-36-30-19-10-9-18-29(30)35-32(36)21-7-4-12-22-34-33(37)25-27-15-5-3-6-16-27/h3,5-6,8-11,15-20,26H,4,7,12-14,21-25H2,1-2H3,(H,34,37). The summed E-state index contributed by atoms with van der Waals surface area (Å²) in [5, 5.41) is 3.05. The Morgan fingerprint density at radius 2 is 1.63 bits per heavy atom. The van der Waals surface area contributed by atoms with Gasteiger partial charge in [0.2, 0.25) is 5.91 Å². The predicted octanol–water partition coefficient (Wildman–Crippen LogP) is 7.09. The third kappa shape index (κ3) is 7.95. The number of nitrogens with zero attached hydrogens (tertiary/aromatic N) is 2. The van der Waals surface area contributed by atoms with Crippen molar-refractivity contribution in [3.05, 3.63) is 95.8 Å². The zero-order chi connectivity index (χ0) is 26.6. The Bertz CT molecular complexity index is 1280. The number of benzene rings is 3. The number of unbranched alkanes of at least 4 members (excludes halogenated alkanes) is 3. The maximum atomic E-state index is 12.2. The van der Waals surface area contributed by atoms with Crippen LogP contribution in [0.3, 0.4) is 0 Å². The molecule has 5 heteroatoms. The number of ether oxygens (including phenoxy) is 1. The minimum absolute atomic E-state index is 0.0923. The molecule has 0 aliphatic heterocycles. The average molecular weight is 512 g/mol. The molecule has 0 saturated carbocycles. The minimum Gasteiger partial charge on any atom is -0.493 e. The van der Waals surface area contributed by atoms with Gasteiger partial charge in [-0.3, -0.25) is 4.79 Å². The van der Waals surface area contributed by atoms with Gasteiger partial charge in [-0.1, -0.05) is 80.9 Å². The van der Waals surface area contributed by atoms with E-state index < -0.39 is 0 Å². The summed E-state index contributed by atoms with van der Waals surface area (Å²) in [4.78, 5) is 17.1. The summed E-state index contributed by atoms with van der Waals surface area (Å²) < 4.78 is 8.52. The molecule has 0 spiro atoms. The summed E-state index contributed by atoms with van der Waals surface area (Å²) in [5.74, 6) is 2.71. The summed E-state index contributed by atoms with van der Waals surface area (Å²) >= 11 is 0. The van der Waals surface area contributed by atoms with Crippen LogP contribution >= 0.6 is 0 Å². The number of carbonyl (C=O) groups excluding carboxylic acids is 1. The van der Waals surface area contributed by atoms with Crippen LogP contribution < -0.4 is 10.1 Å². The fraction of sp³-hybridized carbons (Fsp3) is 0.394. The van der Waals surface area contributed by atoms with Crippen molar-refractivity contribution in [2.45, 2.75) is 71.3 Å². The second-order valence-electron chi connectivity index (χ2n) is 10.2. The van der Waals surface area contributed by atoms with Crippen molar-refractivity contribution in [1.29, 1.82) is 0 Å². The number of para-hydroxylation sites is 3. The van der Waals surface area contributed by atoms with Gasteiger partial charge in [0, 0.05) is 19.5 Å². The van der Waals surface area contributed by atoms with Crippen LogP contribution in [0.2, 0.25) is 0 Å². The minimum atomic E-state index is 0.0923. The molecule has 200 valence electrons. The summed E-state index contributed by atoms with van der Waals surface area (Å²) in [6.45, 7) is 6.80. The Morgan fingerprint density at radius 1 is 0.868 bits per heavy atom. The Hall–Kier alpha value is -3.60. The Balaban J connectivity index is 1.21. The zero-order valence-electron chi connectivity index (χ0n) is 22.9. The molecular formula is C33H41N3O2. The first-order valence-electron chi connectivity index (χ1n) is 14.1. The maximum Gasteiger partial charge on any atom is 0.224 e. The number of hydrogen-bond acceptors (Lipinski definition) is 3. The van der Waals surface area contributed by atoms with Crippen molar-refractivity contribution >= 4 is 16.9 Å². The molecule has 5 nitrogen and oxygen atoms in total. The number of rotatable bonds is 15. The van der Waals surface area contributed by atoms with Gasteiger partial charge in [-0.15, -0.1) is 0 Å². The van der Waals surface area contributed by atoms with Crippen LogP contribution in [0, 0.1) is 0 Å². The van der Waals surface area contributed by atoms with E-state index in [0.29, 0.717) is 12.3 Å². The van der Waals surface area contributed by atoms with E-state index in [1.165, 1.54) is 11.1 Å². The fourth-order valence-corrected chi connectivity index (χ4v) is 4.87. The van der Waals surface area contributed by atoms with Crippen LogP contribution in [-0.4, -0.2) is 28.6 Å². The second-order valence-corrected chi connectivity index (χ2v) is 10.2. The van der Waals surface area contributed by atoms with Crippen LogP contribution in [0.15, 0.2) is 78.9 Å². The van der Waals surface area contributed by atoms with Crippen LogP contribution in [-0.2, 0) is 24.2 Å². The van der Waals surface area contributed by atoms with Crippen molar-refractivity contribution in [2.24, 2.45) is 0 Å². The molecule has 1 heterocycles. The van der Waals surface area contributed by atoms with Gasteiger partial charge in [0.1, 0.15) is 11.6 Å². The van der Waals surface area contributed by atoms with Gasteiger partial charge >= 0.3 is 0 Å². The number of fused-ring (bicyclic) bond motifs is 1. The van der Waals surface area contributed by atoms with Crippen LogP contribution in [0.1, 0.15) is 68.8 Å². The Kier molecular flexibility index (Phi) is 10.4. The van der Waals surface area contributed by atoms with Crippen molar-refractivity contribution in [1.82, 2.24) is 14.9 Å². The first-order valence-corrected chi connectivity index (χ1v) is 14.1. The molecule has 0 fully saturated rings. The van der Waals surface area contributed by atoms with Gasteiger partial charge in [-0.2, -0.15) is 0 Å². The molecule has 3 aromatic carbocycles. The topological polar surface area (TPSA) is 56.1 Å². The second kappa shape index (κ2) is 14.4. The quantitative estimate of drug-likeness (QED) is 0.173. The number of hydrogen-bond donors (Lipinski definition) is 1. The average Bonchev–Trinajstić information content (AvgIpc) is 3.28. The van der Waals surface area contributed by atoms with E-state index in [0.717, 1.165) is 80.9 Å². The molecule has 0 aliphatic carbocycles. The highest BCUT2D eigenvalue weighted by atomic mass is 16.5. The number of carbonyl (C=O) groups is 1. The number of aryl methyl sites for hydroxylation is 2. The Labute approximate surface area is 227 Å². The maximum absolute atomic E-state index is 12.2. The van der Waals surface area contributed by atoms with Gasteiger partial charge in [0.05, 0.1) is 24.1 Å². The summed E-state index contributed by atoms with van der Waals surface area (Å²) in [7, 11) is 0. The fourth-order valence-electron chi connectivity index (χ4n) is 4.87. The van der Waals surface area contributed by atoms with E-state index in [9.17, 15) is 4.79 Å². The Morgan fingerprint density at radius 3 is 2.47 bits per heavy atom. The number of amides is 1. The van der Waals surface area contributed by atoms with Gasteiger partial charge < -0.3 is 14.6 Å². The van der Waals surface area contributed by atoms with Gasteiger partial charge in [-0.05, 0) is 60.9 Å². The van der Waals surface area contributed by atoms with Gasteiger partial charge in [-0.25, -0.2) is 4.98 Å². The lowest BCUT2D eigenvalue weighted by molar-refractivity contribution is -0.120. The van der Waals surface area contributed by atoms with Crippen molar-refractivity contribution in [3.63, 3.8) is 0 Å². The summed E-state index contributed by atoms with van der Waals surface area (Å²) in [6, 6.07) is 26.7. The predicted molar refractivity (Wildman–Crippen MR) is 156 cm³/mol. The SMILES string of the molecule is CC(C)c1ccccc1OCCCCn1c(CCCCCNC(=O)Cc2ccccc2)nc2ccccc21. The smallest absolute Gasteiger partial charge is 0.224 e. The third-order valence-electron chi connectivity index (χ3n) is 6.92. The molecule has 0 radical (unpaired) electrons. The number of nitrogens with one attached hydrogen (secondary N) is 1. The van der Waals surface area contributed by atoms with E-state index in [4.69, 9.17) is 9.72 Å². The summed E-state index contributed by atoms with van der Waals surface area (Å²) in [6.07, 6.45) is 6.55. The molecule has 0 aliphatic rings. The largest absolute Gasteiger partial charge is 0.493 e. The lowest BCUT2D eigenvalue weighted by atomic mass is 10.0. The van der Waals surface area contributed by atoms with E-state index in [-0.39, 0.29) is 5.91 Å². The highest BCUT2D eigenvalue weighted by molar-refractivity contribution is 5.78. The molecular weight excluding hydrogens is 470 g/mol. The molecule has 1 amide bonds. The highest BCUT2D eigenvalue weighted by Gasteiger charge is 2.11. The molecule has 4 rings (SSSR count). The highest BCUT2D eigenvalue weighted by Crippen LogP contribution is 2.26. The number of aromatic nitrogens is 2. The van der Waals surface area contributed by atoms with Crippen LogP contribution in [0.5, 0.6) is 5.75 Å².